The summed E-state index contributed by atoms with van der Waals surface area (Å²) in [6.45, 7) is 12.7. The van der Waals surface area contributed by atoms with Gasteiger partial charge >= 0.3 is 7.12 Å². The van der Waals surface area contributed by atoms with Crippen LogP contribution in [0.15, 0.2) is 42.5 Å². The smallest absolute Gasteiger partial charge is 0.399 e. The molecule has 2 aromatic carbocycles. The molecule has 1 aliphatic rings. The van der Waals surface area contributed by atoms with Crippen molar-refractivity contribution in [3.05, 3.63) is 53.6 Å². The fourth-order valence-electron chi connectivity index (χ4n) is 2.92. The van der Waals surface area contributed by atoms with Gasteiger partial charge in [-0.3, -0.25) is 0 Å². The molecule has 120 valence electrons. The molecule has 0 aliphatic carbocycles. The van der Waals surface area contributed by atoms with Crippen LogP contribution in [-0.2, 0) is 9.31 Å². The molecule has 1 heterocycles. The SMILES string of the molecule is Cc1cc(B2OC(C)(C)C(C)(C)O2)cc(-c2ccccc2)c1C. The summed E-state index contributed by atoms with van der Waals surface area (Å²) in [5.41, 5.74) is 5.49. The van der Waals surface area contributed by atoms with Crippen molar-refractivity contribution in [3.8, 4) is 11.1 Å². The Labute approximate surface area is 140 Å². The van der Waals surface area contributed by atoms with E-state index in [1.807, 2.05) is 6.07 Å². The van der Waals surface area contributed by atoms with Crippen LogP contribution in [0.25, 0.3) is 11.1 Å². The van der Waals surface area contributed by atoms with Crippen molar-refractivity contribution in [2.45, 2.75) is 52.7 Å². The summed E-state index contributed by atoms with van der Waals surface area (Å²) in [5, 5.41) is 0. The molecule has 0 aromatic heterocycles. The maximum Gasteiger partial charge on any atom is 0.494 e. The highest BCUT2D eigenvalue weighted by atomic mass is 16.7. The lowest BCUT2D eigenvalue weighted by Gasteiger charge is -2.32. The van der Waals surface area contributed by atoms with Crippen molar-refractivity contribution in [2.24, 2.45) is 0 Å². The molecule has 0 atom stereocenters. The van der Waals surface area contributed by atoms with E-state index in [2.05, 4.69) is 77.9 Å². The van der Waals surface area contributed by atoms with E-state index in [-0.39, 0.29) is 18.3 Å². The van der Waals surface area contributed by atoms with Gasteiger partial charge in [0.15, 0.2) is 0 Å². The van der Waals surface area contributed by atoms with Gasteiger partial charge in [-0.15, -0.1) is 0 Å². The Bertz CT molecular complexity index is 704. The van der Waals surface area contributed by atoms with E-state index in [1.165, 1.54) is 22.3 Å². The zero-order valence-corrected chi connectivity index (χ0v) is 14.9. The first kappa shape index (κ1) is 16.3. The number of benzene rings is 2. The number of hydrogen-bond donors (Lipinski definition) is 0. The minimum Gasteiger partial charge on any atom is -0.399 e. The van der Waals surface area contributed by atoms with E-state index in [4.69, 9.17) is 9.31 Å². The third-order valence-corrected chi connectivity index (χ3v) is 5.30. The van der Waals surface area contributed by atoms with Gasteiger partial charge in [-0.2, -0.15) is 0 Å². The molecule has 0 N–H and O–H groups in total. The Hall–Kier alpha value is -1.58. The third-order valence-electron chi connectivity index (χ3n) is 5.30. The second-order valence-electron chi connectivity index (χ2n) is 7.46. The molecule has 23 heavy (non-hydrogen) atoms. The monoisotopic (exact) mass is 308 g/mol. The van der Waals surface area contributed by atoms with E-state index in [0.717, 1.165) is 5.46 Å². The van der Waals surface area contributed by atoms with E-state index >= 15 is 0 Å². The Balaban J connectivity index is 2.04. The van der Waals surface area contributed by atoms with Crippen LogP contribution in [0.3, 0.4) is 0 Å². The lowest BCUT2D eigenvalue weighted by Crippen LogP contribution is -2.41. The van der Waals surface area contributed by atoms with Crippen LogP contribution in [0.5, 0.6) is 0 Å². The van der Waals surface area contributed by atoms with E-state index in [9.17, 15) is 0 Å². The van der Waals surface area contributed by atoms with Crippen molar-refractivity contribution in [1.82, 2.24) is 0 Å². The number of aryl methyl sites for hydroxylation is 1. The van der Waals surface area contributed by atoms with Crippen molar-refractivity contribution in [1.29, 1.82) is 0 Å². The fraction of sp³-hybridized carbons (Fsp3) is 0.400. The molecule has 1 aliphatic heterocycles. The molecular weight excluding hydrogens is 283 g/mol. The second kappa shape index (κ2) is 5.50. The number of rotatable bonds is 2. The number of hydrogen-bond acceptors (Lipinski definition) is 2. The first-order valence-electron chi connectivity index (χ1n) is 8.23. The van der Waals surface area contributed by atoms with Crippen LogP contribution in [0.2, 0.25) is 0 Å². The largest absolute Gasteiger partial charge is 0.494 e. The van der Waals surface area contributed by atoms with E-state index in [1.54, 1.807) is 0 Å². The molecule has 0 amide bonds. The molecule has 2 nitrogen and oxygen atoms in total. The van der Waals surface area contributed by atoms with Crippen LogP contribution in [0.1, 0.15) is 38.8 Å². The Morgan fingerprint density at radius 2 is 1.39 bits per heavy atom. The maximum absolute atomic E-state index is 6.21. The minimum absolute atomic E-state index is 0.316. The molecule has 0 saturated carbocycles. The zero-order valence-electron chi connectivity index (χ0n) is 14.9. The van der Waals surface area contributed by atoms with Gasteiger partial charge in [0.25, 0.3) is 0 Å². The third kappa shape index (κ3) is 2.84. The predicted octanol–water partition coefficient (Wildman–Crippen LogP) is 4.27. The lowest BCUT2D eigenvalue weighted by molar-refractivity contribution is 0.00578. The summed E-state index contributed by atoms with van der Waals surface area (Å²) in [5.74, 6) is 0. The molecule has 1 saturated heterocycles. The lowest BCUT2D eigenvalue weighted by atomic mass is 9.76. The van der Waals surface area contributed by atoms with Crippen molar-refractivity contribution in [3.63, 3.8) is 0 Å². The molecule has 0 spiro atoms. The summed E-state index contributed by atoms with van der Waals surface area (Å²) < 4.78 is 12.4. The van der Waals surface area contributed by atoms with Crippen molar-refractivity contribution < 1.29 is 9.31 Å². The topological polar surface area (TPSA) is 18.5 Å². The molecular formula is C20H25BO2. The molecule has 3 heteroatoms. The van der Waals surface area contributed by atoms with E-state index in [0.29, 0.717) is 0 Å². The highest BCUT2D eigenvalue weighted by Crippen LogP contribution is 2.37. The average Bonchev–Trinajstić information content (AvgIpc) is 2.71. The molecule has 3 rings (SSSR count). The average molecular weight is 308 g/mol. The van der Waals surface area contributed by atoms with Gasteiger partial charge in [-0.05, 0) is 69.3 Å². The Morgan fingerprint density at radius 1 is 0.826 bits per heavy atom. The van der Waals surface area contributed by atoms with Crippen molar-refractivity contribution in [2.75, 3.05) is 0 Å². The predicted molar refractivity (Wildman–Crippen MR) is 97.1 cm³/mol. The molecule has 0 unspecified atom stereocenters. The minimum atomic E-state index is -0.318. The quantitative estimate of drug-likeness (QED) is 0.771. The normalized spacial score (nSPS) is 19.1. The highest BCUT2D eigenvalue weighted by molar-refractivity contribution is 6.62. The van der Waals surface area contributed by atoms with E-state index < -0.39 is 0 Å². The summed E-state index contributed by atoms with van der Waals surface area (Å²) in [6, 6.07) is 14.9. The van der Waals surface area contributed by atoms with Crippen LogP contribution in [-0.4, -0.2) is 18.3 Å². The molecule has 1 fully saturated rings. The first-order chi connectivity index (χ1) is 10.7. The van der Waals surface area contributed by atoms with Crippen LogP contribution in [0, 0.1) is 13.8 Å². The van der Waals surface area contributed by atoms with Gasteiger partial charge in [0.2, 0.25) is 0 Å². The molecule has 2 aromatic rings. The van der Waals surface area contributed by atoms with Crippen LogP contribution in [0.4, 0.5) is 0 Å². The standard InChI is InChI=1S/C20H25BO2/c1-14-12-17(21-22-19(3,4)20(5,6)23-21)13-18(15(14)2)16-10-8-7-9-11-16/h7-13H,1-6H3. The van der Waals surface area contributed by atoms with Gasteiger partial charge in [-0.1, -0.05) is 42.5 Å². The van der Waals surface area contributed by atoms with Crippen LogP contribution >= 0.6 is 0 Å². The van der Waals surface area contributed by atoms with Crippen LogP contribution < -0.4 is 5.46 Å². The fourth-order valence-corrected chi connectivity index (χ4v) is 2.92. The van der Waals surface area contributed by atoms with Gasteiger partial charge in [0.05, 0.1) is 11.2 Å². The van der Waals surface area contributed by atoms with Crippen molar-refractivity contribution >= 4 is 12.6 Å². The molecule has 0 radical (unpaired) electrons. The Morgan fingerprint density at radius 3 is 1.96 bits per heavy atom. The summed E-state index contributed by atoms with van der Waals surface area (Å²) >= 11 is 0. The highest BCUT2D eigenvalue weighted by Gasteiger charge is 2.51. The molecule has 0 bridgehead atoms. The summed E-state index contributed by atoms with van der Waals surface area (Å²) in [6.07, 6.45) is 0. The maximum atomic E-state index is 6.21. The van der Waals surface area contributed by atoms with Gasteiger partial charge in [-0.25, -0.2) is 0 Å². The summed E-state index contributed by atoms with van der Waals surface area (Å²) in [4.78, 5) is 0. The second-order valence-corrected chi connectivity index (χ2v) is 7.46. The first-order valence-corrected chi connectivity index (χ1v) is 8.23. The van der Waals surface area contributed by atoms with Gasteiger partial charge < -0.3 is 9.31 Å². The zero-order chi connectivity index (χ0) is 16.8. The Kier molecular flexibility index (Phi) is 3.90. The van der Waals surface area contributed by atoms with Gasteiger partial charge in [0, 0.05) is 0 Å². The summed E-state index contributed by atoms with van der Waals surface area (Å²) in [7, 11) is -0.318. The van der Waals surface area contributed by atoms with Gasteiger partial charge in [0.1, 0.15) is 0 Å².